The van der Waals surface area contributed by atoms with Gasteiger partial charge < -0.3 is 9.40 Å². The van der Waals surface area contributed by atoms with Gasteiger partial charge in [-0.1, -0.05) is 0 Å². The fraction of sp³-hybridized carbons (Fsp3) is 0.0909. The molecular formula is C11H7F2N3O. The van der Waals surface area contributed by atoms with Gasteiger partial charge in [-0.3, -0.25) is 0 Å². The van der Waals surface area contributed by atoms with Gasteiger partial charge in [-0.05, 0) is 6.92 Å². The summed E-state index contributed by atoms with van der Waals surface area (Å²) in [5, 5.41) is 0. The number of rotatable bonds is 1. The van der Waals surface area contributed by atoms with Crippen molar-refractivity contribution in [1.82, 2.24) is 15.0 Å². The van der Waals surface area contributed by atoms with E-state index >= 15 is 0 Å². The lowest BCUT2D eigenvalue weighted by atomic mass is 10.3. The molecule has 86 valence electrons. The predicted molar refractivity (Wildman–Crippen MR) is 56.2 cm³/mol. The molecule has 0 fully saturated rings. The van der Waals surface area contributed by atoms with Gasteiger partial charge in [0.15, 0.2) is 29.6 Å². The summed E-state index contributed by atoms with van der Waals surface area (Å²) in [6, 6.07) is 2.10. The molecular weight excluding hydrogens is 228 g/mol. The molecule has 2 aromatic heterocycles. The average Bonchev–Trinajstić information content (AvgIpc) is 2.85. The van der Waals surface area contributed by atoms with Crippen molar-refractivity contribution < 1.29 is 13.2 Å². The van der Waals surface area contributed by atoms with Crippen LogP contribution in [0.3, 0.4) is 0 Å². The minimum atomic E-state index is -0.926. The second-order valence-electron chi connectivity index (χ2n) is 3.64. The molecule has 0 bridgehead atoms. The predicted octanol–water partition coefficient (Wildman–Crippen LogP) is 2.80. The van der Waals surface area contributed by atoms with E-state index in [4.69, 9.17) is 4.42 Å². The third-order valence-electron chi connectivity index (χ3n) is 2.48. The molecule has 3 aromatic rings. The summed E-state index contributed by atoms with van der Waals surface area (Å²) < 4.78 is 31.2. The summed E-state index contributed by atoms with van der Waals surface area (Å²) in [4.78, 5) is 10.9. The molecule has 0 atom stereocenters. The molecule has 0 saturated heterocycles. The number of hydrogen-bond acceptors (Lipinski definition) is 3. The zero-order chi connectivity index (χ0) is 12.0. The van der Waals surface area contributed by atoms with E-state index in [0.29, 0.717) is 28.3 Å². The Morgan fingerprint density at radius 2 is 2.00 bits per heavy atom. The first kappa shape index (κ1) is 9.95. The number of imidazole rings is 1. The van der Waals surface area contributed by atoms with E-state index in [9.17, 15) is 8.78 Å². The average molecular weight is 235 g/mol. The molecule has 0 unspecified atom stereocenters. The Hall–Kier alpha value is -2.24. The summed E-state index contributed by atoms with van der Waals surface area (Å²) in [5.41, 5.74) is 1.41. The summed E-state index contributed by atoms with van der Waals surface area (Å²) in [6.45, 7) is 1.76. The third-order valence-corrected chi connectivity index (χ3v) is 2.48. The molecule has 0 radical (unpaired) electrons. The summed E-state index contributed by atoms with van der Waals surface area (Å²) in [6.07, 6.45) is 1.29. The molecule has 0 amide bonds. The van der Waals surface area contributed by atoms with Crippen molar-refractivity contribution >= 4 is 11.0 Å². The van der Waals surface area contributed by atoms with Crippen LogP contribution in [0.5, 0.6) is 0 Å². The van der Waals surface area contributed by atoms with Gasteiger partial charge in [0.1, 0.15) is 0 Å². The highest BCUT2D eigenvalue weighted by atomic mass is 19.2. The Labute approximate surface area is 94.3 Å². The van der Waals surface area contributed by atoms with E-state index in [2.05, 4.69) is 15.0 Å². The van der Waals surface area contributed by atoms with Crippen LogP contribution in [0.2, 0.25) is 0 Å². The highest BCUT2D eigenvalue weighted by Gasteiger charge is 2.13. The molecule has 1 N–H and O–H groups in total. The standard InChI is InChI=1S/C11H7F2N3O/c1-5-10(17-4-14-5)11-15-8-2-6(12)7(13)3-9(8)16-11/h2-4H,1H3,(H,15,16). The van der Waals surface area contributed by atoms with Crippen LogP contribution in [0.15, 0.2) is 22.9 Å². The van der Waals surface area contributed by atoms with Gasteiger partial charge in [-0.2, -0.15) is 0 Å². The lowest BCUT2D eigenvalue weighted by Gasteiger charge is -1.90. The van der Waals surface area contributed by atoms with Crippen LogP contribution in [0.4, 0.5) is 8.78 Å². The SMILES string of the molecule is Cc1ncoc1-c1nc2cc(F)c(F)cc2[nH]1. The van der Waals surface area contributed by atoms with Crippen LogP contribution in [-0.2, 0) is 0 Å². The van der Waals surface area contributed by atoms with Crippen LogP contribution in [0.1, 0.15) is 5.69 Å². The van der Waals surface area contributed by atoms with Crippen LogP contribution in [0, 0.1) is 18.6 Å². The minimum absolute atomic E-state index is 0.342. The molecule has 2 heterocycles. The Bertz CT molecular complexity index is 663. The van der Waals surface area contributed by atoms with Crippen LogP contribution < -0.4 is 0 Å². The second kappa shape index (κ2) is 3.38. The Morgan fingerprint density at radius 1 is 1.24 bits per heavy atom. The quantitative estimate of drug-likeness (QED) is 0.705. The van der Waals surface area contributed by atoms with E-state index in [1.807, 2.05) is 0 Å². The van der Waals surface area contributed by atoms with Crippen molar-refractivity contribution in [2.75, 3.05) is 0 Å². The Balaban J connectivity index is 2.24. The van der Waals surface area contributed by atoms with E-state index < -0.39 is 11.6 Å². The largest absolute Gasteiger partial charge is 0.440 e. The number of aromatic amines is 1. The number of hydrogen-bond donors (Lipinski definition) is 1. The lowest BCUT2D eigenvalue weighted by molar-refractivity contribution is 0.510. The number of aromatic nitrogens is 3. The van der Waals surface area contributed by atoms with Crippen molar-refractivity contribution in [2.24, 2.45) is 0 Å². The summed E-state index contributed by atoms with van der Waals surface area (Å²) in [7, 11) is 0. The van der Waals surface area contributed by atoms with E-state index in [-0.39, 0.29) is 0 Å². The third kappa shape index (κ3) is 1.49. The van der Waals surface area contributed by atoms with Gasteiger partial charge in [-0.15, -0.1) is 0 Å². The monoisotopic (exact) mass is 235 g/mol. The maximum atomic E-state index is 13.0. The number of nitrogens with one attached hydrogen (secondary N) is 1. The van der Waals surface area contributed by atoms with Gasteiger partial charge in [0.25, 0.3) is 0 Å². The molecule has 0 aliphatic heterocycles. The number of nitrogens with zero attached hydrogens (tertiary/aromatic N) is 2. The van der Waals surface area contributed by atoms with Crippen LogP contribution >= 0.6 is 0 Å². The van der Waals surface area contributed by atoms with Crippen molar-refractivity contribution in [3.05, 3.63) is 35.9 Å². The molecule has 3 rings (SSSR count). The summed E-state index contributed by atoms with van der Waals surface area (Å²) in [5.74, 6) is -0.978. The number of oxazole rings is 1. The number of H-pyrrole nitrogens is 1. The molecule has 0 spiro atoms. The first-order valence-corrected chi connectivity index (χ1v) is 4.90. The number of halogens is 2. The van der Waals surface area contributed by atoms with Crippen LogP contribution in [0.25, 0.3) is 22.6 Å². The lowest BCUT2D eigenvalue weighted by Crippen LogP contribution is -1.82. The highest BCUT2D eigenvalue weighted by molar-refractivity contribution is 5.78. The second-order valence-corrected chi connectivity index (χ2v) is 3.64. The van der Waals surface area contributed by atoms with E-state index in [1.54, 1.807) is 6.92 Å². The Morgan fingerprint density at radius 3 is 2.71 bits per heavy atom. The molecule has 4 nitrogen and oxygen atoms in total. The molecule has 17 heavy (non-hydrogen) atoms. The van der Waals surface area contributed by atoms with Crippen molar-refractivity contribution in [1.29, 1.82) is 0 Å². The van der Waals surface area contributed by atoms with Crippen molar-refractivity contribution in [2.45, 2.75) is 6.92 Å². The topological polar surface area (TPSA) is 54.7 Å². The van der Waals surface area contributed by atoms with Gasteiger partial charge in [0, 0.05) is 12.1 Å². The fourth-order valence-corrected chi connectivity index (χ4v) is 1.64. The molecule has 0 saturated carbocycles. The molecule has 6 heteroatoms. The van der Waals surface area contributed by atoms with Gasteiger partial charge in [0.2, 0.25) is 0 Å². The number of aryl methyl sites for hydroxylation is 1. The molecule has 1 aromatic carbocycles. The van der Waals surface area contributed by atoms with E-state index in [0.717, 1.165) is 12.1 Å². The smallest absolute Gasteiger partial charge is 0.192 e. The van der Waals surface area contributed by atoms with Gasteiger partial charge in [0.05, 0.1) is 16.7 Å². The van der Waals surface area contributed by atoms with E-state index in [1.165, 1.54) is 6.39 Å². The normalized spacial score (nSPS) is 11.2. The fourth-order valence-electron chi connectivity index (χ4n) is 1.64. The zero-order valence-electron chi connectivity index (χ0n) is 8.79. The Kier molecular flexibility index (Phi) is 1.98. The highest BCUT2D eigenvalue weighted by Crippen LogP contribution is 2.24. The first-order valence-electron chi connectivity index (χ1n) is 4.90. The minimum Gasteiger partial charge on any atom is -0.440 e. The molecule has 0 aliphatic rings. The maximum Gasteiger partial charge on any atom is 0.192 e. The number of benzene rings is 1. The zero-order valence-corrected chi connectivity index (χ0v) is 8.79. The molecule has 0 aliphatic carbocycles. The van der Waals surface area contributed by atoms with Crippen molar-refractivity contribution in [3.8, 4) is 11.6 Å². The van der Waals surface area contributed by atoms with Crippen molar-refractivity contribution in [3.63, 3.8) is 0 Å². The summed E-state index contributed by atoms with van der Waals surface area (Å²) >= 11 is 0. The van der Waals surface area contributed by atoms with Gasteiger partial charge in [-0.25, -0.2) is 18.7 Å². The maximum absolute atomic E-state index is 13.0. The van der Waals surface area contributed by atoms with Crippen LogP contribution in [-0.4, -0.2) is 15.0 Å². The first-order chi connectivity index (χ1) is 8.15. The van der Waals surface area contributed by atoms with Gasteiger partial charge >= 0.3 is 0 Å². The number of fused-ring (bicyclic) bond motifs is 1.